The normalized spacial score (nSPS) is 35.7. The molecule has 1 saturated heterocycles. The molecule has 19 heavy (non-hydrogen) atoms. The first-order valence-corrected chi connectivity index (χ1v) is 8.11. The monoisotopic (exact) mass is 268 g/mol. The number of fused-ring (bicyclic) bond motifs is 1. The van der Waals surface area contributed by atoms with Crippen LogP contribution in [0.15, 0.2) is 0 Å². The summed E-state index contributed by atoms with van der Waals surface area (Å²) in [6.45, 7) is 9.09. The maximum Gasteiger partial charge on any atom is 0.0700 e. The lowest BCUT2D eigenvalue weighted by Gasteiger charge is -2.49. The van der Waals surface area contributed by atoms with Gasteiger partial charge >= 0.3 is 0 Å². The van der Waals surface area contributed by atoms with E-state index >= 15 is 0 Å². The summed E-state index contributed by atoms with van der Waals surface area (Å²) in [5.74, 6) is 0.519. The molecule has 3 nitrogen and oxygen atoms in total. The average molecular weight is 268 g/mol. The van der Waals surface area contributed by atoms with Gasteiger partial charge in [0, 0.05) is 32.1 Å². The van der Waals surface area contributed by atoms with Crippen LogP contribution in [-0.4, -0.2) is 48.8 Å². The van der Waals surface area contributed by atoms with E-state index < -0.39 is 0 Å². The molecule has 1 saturated carbocycles. The fraction of sp³-hybridized carbons (Fsp3) is 1.00. The van der Waals surface area contributed by atoms with Gasteiger partial charge in [0.25, 0.3) is 0 Å². The van der Waals surface area contributed by atoms with Crippen molar-refractivity contribution in [3.8, 4) is 0 Å². The lowest BCUT2D eigenvalue weighted by Crippen LogP contribution is -2.55. The molecule has 3 unspecified atom stereocenters. The molecular formula is C16H32N2O. The van der Waals surface area contributed by atoms with Gasteiger partial charge in [0.2, 0.25) is 0 Å². The Kier molecular flexibility index (Phi) is 4.91. The Morgan fingerprint density at radius 1 is 1.37 bits per heavy atom. The molecule has 3 atom stereocenters. The predicted molar refractivity (Wildman–Crippen MR) is 80.3 cm³/mol. The first-order chi connectivity index (χ1) is 9.01. The highest BCUT2D eigenvalue weighted by Gasteiger charge is 2.43. The van der Waals surface area contributed by atoms with E-state index in [0.717, 1.165) is 39.0 Å². The van der Waals surface area contributed by atoms with Crippen molar-refractivity contribution < 1.29 is 5.11 Å². The summed E-state index contributed by atoms with van der Waals surface area (Å²) in [4.78, 5) is 2.60. The molecule has 1 heterocycles. The molecule has 3 heteroatoms. The Labute approximate surface area is 118 Å². The largest absolute Gasteiger partial charge is 0.390 e. The molecule has 0 bridgehead atoms. The molecule has 0 spiro atoms. The predicted octanol–water partition coefficient (Wildman–Crippen LogP) is 2.25. The van der Waals surface area contributed by atoms with Gasteiger partial charge in [-0.2, -0.15) is 0 Å². The Morgan fingerprint density at radius 2 is 2.16 bits per heavy atom. The van der Waals surface area contributed by atoms with Crippen LogP contribution in [0.2, 0.25) is 0 Å². The van der Waals surface area contributed by atoms with E-state index in [1.54, 1.807) is 0 Å². The highest BCUT2D eigenvalue weighted by atomic mass is 16.3. The van der Waals surface area contributed by atoms with E-state index in [1.165, 1.54) is 25.7 Å². The fourth-order valence-corrected chi connectivity index (χ4v) is 4.04. The van der Waals surface area contributed by atoms with E-state index in [9.17, 15) is 5.11 Å². The minimum absolute atomic E-state index is 0.333. The minimum Gasteiger partial charge on any atom is -0.390 e. The number of aliphatic hydroxyl groups is 1. The lowest BCUT2D eigenvalue weighted by atomic mass is 9.71. The molecule has 0 aromatic heterocycles. The Morgan fingerprint density at radius 3 is 2.84 bits per heavy atom. The van der Waals surface area contributed by atoms with E-state index in [4.69, 9.17) is 0 Å². The summed E-state index contributed by atoms with van der Waals surface area (Å²) in [7, 11) is 2.05. The van der Waals surface area contributed by atoms with Gasteiger partial charge in [-0.3, -0.25) is 0 Å². The van der Waals surface area contributed by atoms with E-state index in [2.05, 4.69) is 24.1 Å². The van der Waals surface area contributed by atoms with Crippen LogP contribution < -0.4 is 5.32 Å². The molecule has 112 valence electrons. The van der Waals surface area contributed by atoms with Gasteiger partial charge in [0.15, 0.2) is 0 Å². The second-order valence-corrected chi connectivity index (χ2v) is 7.23. The van der Waals surface area contributed by atoms with Crippen LogP contribution in [0.1, 0.15) is 52.4 Å². The topological polar surface area (TPSA) is 35.5 Å². The van der Waals surface area contributed by atoms with Crippen LogP contribution in [0.25, 0.3) is 0 Å². The van der Waals surface area contributed by atoms with Gasteiger partial charge < -0.3 is 15.3 Å². The Hall–Kier alpha value is -0.120. The number of rotatable bonds is 5. The van der Waals surface area contributed by atoms with E-state index in [-0.39, 0.29) is 5.60 Å². The fourth-order valence-electron chi connectivity index (χ4n) is 4.04. The average Bonchev–Trinajstić information content (AvgIpc) is 2.39. The van der Waals surface area contributed by atoms with Crippen molar-refractivity contribution in [2.75, 3.05) is 33.2 Å². The standard InChI is InChI=1S/C16H32N2O/c1-4-15(2,12-17-3)13-18-10-9-16(19)8-6-5-7-14(16)11-18/h14,17,19H,4-13H2,1-3H3. The maximum absolute atomic E-state index is 10.7. The zero-order chi connectivity index (χ0) is 13.9. The van der Waals surface area contributed by atoms with Gasteiger partial charge in [-0.1, -0.05) is 26.7 Å². The SMILES string of the molecule is CCC(C)(CNC)CN1CCC2(O)CCCCC2C1. The van der Waals surface area contributed by atoms with E-state index in [1.807, 2.05) is 7.05 Å². The quantitative estimate of drug-likeness (QED) is 0.803. The van der Waals surface area contributed by atoms with Crippen LogP contribution in [0.3, 0.4) is 0 Å². The molecule has 1 aliphatic carbocycles. The Bertz CT molecular complexity index is 296. The molecule has 0 amide bonds. The van der Waals surface area contributed by atoms with Gasteiger partial charge in [0.05, 0.1) is 5.60 Å². The summed E-state index contributed by atoms with van der Waals surface area (Å²) < 4.78 is 0. The molecular weight excluding hydrogens is 236 g/mol. The molecule has 0 aromatic rings. The van der Waals surface area contributed by atoms with Crippen molar-refractivity contribution in [2.45, 2.75) is 58.0 Å². The van der Waals surface area contributed by atoms with Crippen molar-refractivity contribution in [1.29, 1.82) is 0 Å². The molecule has 1 aliphatic heterocycles. The molecule has 0 radical (unpaired) electrons. The lowest BCUT2D eigenvalue weighted by molar-refractivity contribution is -0.100. The van der Waals surface area contributed by atoms with Gasteiger partial charge in [-0.15, -0.1) is 0 Å². The number of hydrogen-bond donors (Lipinski definition) is 2. The highest BCUT2D eigenvalue weighted by Crippen LogP contribution is 2.40. The first-order valence-electron chi connectivity index (χ1n) is 8.11. The van der Waals surface area contributed by atoms with Crippen LogP contribution in [0, 0.1) is 11.3 Å². The number of nitrogens with zero attached hydrogens (tertiary/aromatic N) is 1. The minimum atomic E-state index is -0.333. The molecule has 0 aromatic carbocycles. The van der Waals surface area contributed by atoms with Gasteiger partial charge in [0.1, 0.15) is 0 Å². The second kappa shape index (κ2) is 6.11. The van der Waals surface area contributed by atoms with Crippen LogP contribution in [-0.2, 0) is 0 Å². The summed E-state index contributed by atoms with van der Waals surface area (Å²) in [6, 6.07) is 0. The van der Waals surface area contributed by atoms with Gasteiger partial charge in [-0.05, 0) is 38.1 Å². The van der Waals surface area contributed by atoms with Crippen molar-refractivity contribution in [3.05, 3.63) is 0 Å². The zero-order valence-electron chi connectivity index (χ0n) is 13.0. The second-order valence-electron chi connectivity index (χ2n) is 7.23. The van der Waals surface area contributed by atoms with Crippen molar-refractivity contribution in [2.24, 2.45) is 11.3 Å². The van der Waals surface area contributed by atoms with Crippen LogP contribution >= 0.6 is 0 Å². The third kappa shape index (κ3) is 3.50. The van der Waals surface area contributed by atoms with Crippen LogP contribution in [0.5, 0.6) is 0 Å². The number of hydrogen-bond acceptors (Lipinski definition) is 3. The summed E-state index contributed by atoms with van der Waals surface area (Å²) in [5, 5.41) is 14.1. The van der Waals surface area contributed by atoms with Crippen LogP contribution in [0.4, 0.5) is 0 Å². The highest BCUT2D eigenvalue weighted by molar-refractivity contribution is 4.96. The number of nitrogens with one attached hydrogen (secondary N) is 1. The van der Waals surface area contributed by atoms with Crippen molar-refractivity contribution in [1.82, 2.24) is 10.2 Å². The van der Waals surface area contributed by atoms with E-state index in [0.29, 0.717) is 11.3 Å². The summed E-state index contributed by atoms with van der Waals surface area (Å²) in [5.41, 5.74) is 0.0270. The third-order valence-electron chi connectivity index (χ3n) is 5.57. The molecule has 2 fully saturated rings. The number of piperidine rings is 1. The van der Waals surface area contributed by atoms with Crippen molar-refractivity contribution in [3.63, 3.8) is 0 Å². The zero-order valence-corrected chi connectivity index (χ0v) is 13.0. The smallest absolute Gasteiger partial charge is 0.0700 e. The third-order valence-corrected chi connectivity index (χ3v) is 5.57. The summed E-state index contributed by atoms with van der Waals surface area (Å²) >= 11 is 0. The Balaban J connectivity index is 1.93. The number of likely N-dealkylation sites (tertiary alicyclic amines) is 1. The molecule has 2 aliphatic rings. The first kappa shape index (κ1) is 15.3. The maximum atomic E-state index is 10.7. The van der Waals surface area contributed by atoms with Crippen molar-refractivity contribution >= 4 is 0 Å². The molecule has 2 N–H and O–H groups in total. The molecule has 2 rings (SSSR count). The summed E-state index contributed by atoms with van der Waals surface area (Å²) in [6.07, 6.45) is 6.98. The van der Waals surface area contributed by atoms with Gasteiger partial charge in [-0.25, -0.2) is 0 Å².